The molecule has 100 valence electrons. The highest BCUT2D eigenvalue weighted by Gasteiger charge is 2.06. The van der Waals surface area contributed by atoms with Crippen molar-refractivity contribution in [2.75, 3.05) is 30.0 Å². The van der Waals surface area contributed by atoms with Crippen LogP contribution in [-0.4, -0.2) is 14.1 Å². The molecule has 0 saturated carbocycles. The average Bonchev–Trinajstić information content (AvgIpc) is 2.36. The minimum absolute atomic E-state index is 0.451. The molecule has 0 saturated heterocycles. The summed E-state index contributed by atoms with van der Waals surface area (Å²) < 4.78 is 0. The molecule has 0 amide bonds. The first-order chi connectivity index (χ1) is 8.97. The number of nitrogens with one attached hydrogen (secondary N) is 1. The van der Waals surface area contributed by atoms with Gasteiger partial charge in [-0.15, -0.1) is 0 Å². The number of benzene rings is 2. The molecule has 0 spiro atoms. The molecule has 3 N–H and O–H groups in total. The van der Waals surface area contributed by atoms with Crippen LogP contribution in [0.3, 0.4) is 0 Å². The van der Waals surface area contributed by atoms with Gasteiger partial charge >= 0.3 is 0 Å². The van der Waals surface area contributed by atoms with Gasteiger partial charge < -0.3 is 16.0 Å². The summed E-state index contributed by atoms with van der Waals surface area (Å²) in [6.45, 7) is 0. The van der Waals surface area contributed by atoms with E-state index in [0.717, 1.165) is 17.1 Å². The second kappa shape index (κ2) is 5.59. The molecule has 0 fully saturated rings. The number of nitrogens with zero attached hydrogens (tertiary/aromatic N) is 1. The van der Waals surface area contributed by atoms with Gasteiger partial charge in [0.1, 0.15) is 0 Å². The molecule has 0 aliphatic carbocycles. The third-order valence-electron chi connectivity index (χ3n) is 2.73. The molecule has 0 atom stereocenters. The number of nitrogen functional groups attached to an aromatic ring is 1. The fourth-order valence-corrected chi connectivity index (χ4v) is 2.02. The van der Waals surface area contributed by atoms with Gasteiger partial charge in [0.2, 0.25) is 0 Å². The molecule has 0 unspecified atom stereocenters. The van der Waals surface area contributed by atoms with E-state index in [1.165, 1.54) is 0 Å². The Morgan fingerprint density at radius 2 is 1.74 bits per heavy atom. The van der Waals surface area contributed by atoms with Gasteiger partial charge in [0.15, 0.2) is 0 Å². The van der Waals surface area contributed by atoms with Crippen molar-refractivity contribution in [3.63, 3.8) is 0 Å². The van der Waals surface area contributed by atoms with E-state index in [-0.39, 0.29) is 0 Å². The first-order valence-electron chi connectivity index (χ1n) is 5.76. The molecular formula is C14H15Cl2N3. The second-order valence-electron chi connectivity index (χ2n) is 4.42. The molecule has 0 heterocycles. The molecule has 5 heteroatoms. The molecule has 0 aliphatic heterocycles. The van der Waals surface area contributed by atoms with Crippen LogP contribution in [0.2, 0.25) is 10.0 Å². The summed E-state index contributed by atoms with van der Waals surface area (Å²) in [6, 6.07) is 11.4. The van der Waals surface area contributed by atoms with Crippen LogP contribution in [0.1, 0.15) is 0 Å². The van der Waals surface area contributed by atoms with Crippen LogP contribution in [-0.2, 0) is 0 Å². The number of hydrogen-bond acceptors (Lipinski definition) is 3. The number of nitrogens with two attached hydrogens (primary N) is 1. The van der Waals surface area contributed by atoms with Crippen molar-refractivity contribution < 1.29 is 0 Å². The number of anilines is 4. The number of rotatable bonds is 3. The lowest BCUT2D eigenvalue weighted by Crippen LogP contribution is -2.08. The van der Waals surface area contributed by atoms with Gasteiger partial charge in [0.05, 0.1) is 21.4 Å². The zero-order valence-electron chi connectivity index (χ0n) is 10.7. The molecule has 2 rings (SSSR count). The summed E-state index contributed by atoms with van der Waals surface area (Å²) in [6.07, 6.45) is 0. The van der Waals surface area contributed by atoms with Gasteiger partial charge in [0, 0.05) is 25.5 Å². The van der Waals surface area contributed by atoms with E-state index in [1.54, 1.807) is 12.1 Å². The van der Waals surface area contributed by atoms with Crippen molar-refractivity contribution in [2.24, 2.45) is 0 Å². The van der Waals surface area contributed by atoms with Crippen molar-refractivity contribution in [3.8, 4) is 0 Å². The minimum Gasteiger partial charge on any atom is -0.397 e. The van der Waals surface area contributed by atoms with E-state index in [9.17, 15) is 0 Å². The predicted molar refractivity (Wildman–Crippen MR) is 84.9 cm³/mol. The van der Waals surface area contributed by atoms with Crippen LogP contribution < -0.4 is 16.0 Å². The zero-order valence-corrected chi connectivity index (χ0v) is 12.3. The SMILES string of the molecule is CN(C)c1cccc(Nc2cc(Cl)c(Cl)cc2N)c1. The highest BCUT2D eigenvalue weighted by Crippen LogP contribution is 2.33. The molecule has 2 aromatic carbocycles. The maximum absolute atomic E-state index is 6.00. The van der Waals surface area contributed by atoms with E-state index in [2.05, 4.69) is 5.32 Å². The lowest BCUT2D eigenvalue weighted by atomic mass is 10.2. The Balaban J connectivity index is 2.31. The lowest BCUT2D eigenvalue weighted by Gasteiger charge is -2.15. The second-order valence-corrected chi connectivity index (χ2v) is 5.24. The van der Waals surface area contributed by atoms with E-state index in [0.29, 0.717) is 15.7 Å². The maximum Gasteiger partial charge on any atom is 0.0633 e. The Bertz CT molecular complexity index is 597. The van der Waals surface area contributed by atoms with Crippen molar-refractivity contribution in [1.29, 1.82) is 0 Å². The molecule has 0 radical (unpaired) electrons. The lowest BCUT2D eigenvalue weighted by molar-refractivity contribution is 1.13. The Kier molecular flexibility index (Phi) is 4.08. The number of hydrogen-bond donors (Lipinski definition) is 2. The van der Waals surface area contributed by atoms with Crippen LogP contribution in [0.15, 0.2) is 36.4 Å². The molecule has 19 heavy (non-hydrogen) atoms. The highest BCUT2D eigenvalue weighted by molar-refractivity contribution is 6.42. The normalized spacial score (nSPS) is 10.3. The average molecular weight is 296 g/mol. The van der Waals surface area contributed by atoms with E-state index in [4.69, 9.17) is 28.9 Å². The van der Waals surface area contributed by atoms with Crippen LogP contribution in [0.25, 0.3) is 0 Å². The topological polar surface area (TPSA) is 41.3 Å². The predicted octanol–water partition coefficient (Wildman–Crippen LogP) is 4.39. The summed E-state index contributed by atoms with van der Waals surface area (Å²) in [5.74, 6) is 0. The third kappa shape index (κ3) is 3.25. The minimum atomic E-state index is 0.451. The summed E-state index contributed by atoms with van der Waals surface area (Å²) in [5.41, 5.74) is 9.26. The maximum atomic E-state index is 6.00. The molecule has 2 aromatic rings. The highest BCUT2D eigenvalue weighted by atomic mass is 35.5. The molecule has 0 aromatic heterocycles. The van der Waals surface area contributed by atoms with Gasteiger partial charge in [-0.05, 0) is 30.3 Å². The van der Waals surface area contributed by atoms with Crippen LogP contribution in [0.4, 0.5) is 22.7 Å². The van der Waals surface area contributed by atoms with Gasteiger partial charge in [-0.3, -0.25) is 0 Å². The summed E-state index contributed by atoms with van der Waals surface area (Å²) in [7, 11) is 3.99. The summed E-state index contributed by atoms with van der Waals surface area (Å²) in [5, 5.41) is 4.17. The Labute approximate surface area is 122 Å². The van der Waals surface area contributed by atoms with Crippen LogP contribution in [0.5, 0.6) is 0 Å². The van der Waals surface area contributed by atoms with Gasteiger partial charge in [-0.1, -0.05) is 29.3 Å². The first kappa shape index (κ1) is 13.8. The van der Waals surface area contributed by atoms with Crippen LogP contribution >= 0.6 is 23.2 Å². The van der Waals surface area contributed by atoms with Gasteiger partial charge in [-0.25, -0.2) is 0 Å². The molecule has 0 aliphatic rings. The van der Waals surface area contributed by atoms with Gasteiger partial charge in [-0.2, -0.15) is 0 Å². The summed E-state index contributed by atoms with van der Waals surface area (Å²) in [4.78, 5) is 2.03. The third-order valence-corrected chi connectivity index (χ3v) is 3.46. The fraction of sp³-hybridized carbons (Fsp3) is 0.143. The Morgan fingerprint density at radius 3 is 2.42 bits per heavy atom. The van der Waals surface area contributed by atoms with Crippen molar-refractivity contribution in [1.82, 2.24) is 0 Å². The fourth-order valence-electron chi connectivity index (χ4n) is 1.69. The first-order valence-corrected chi connectivity index (χ1v) is 6.52. The molecule has 3 nitrogen and oxygen atoms in total. The zero-order chi connectivity index (χ0) is 14.0. The Morgan fingerprint density at radius 1 is 1.05 bits per heavy atom. The summed E-state index contributed by atoms with van der Waals surface area (Å²) >= 11 is 11.9. The van der Waals surface area contributed by atoms with Crippen molar-refractivity contribution >= 4 is 46.0 Å². The molecule has 0 bridgehead atoms. The number of halogens is 2. The largest absolute Gasteiger partial charge is 0.397 e. The smallest absolute Gasteiger partial charge is 0.0633 e. The van der Waals surface area contributed by atoms with Crippen molar-refractivity contribution in [2.45, 2.75) is 0 Å². The van der Waals surface area contributed by atoms with E-state index >= 15 is 0 Å². The van der Waals surface area contributed by atoms with Gasteiger partial charge in [0.25, 0.3) is 0 Å². The van der Waals surface area contributed by atoms with Crippen molar-refractivity contribution in [3.05, 3.63) is 46.4 Å². The quantitative estimate of drug-likeness (QED) is 0.826. The van der Waals surface area contributed by atoms with Crippen LogP contribution in [0, 0.1) is 0 Å². The Hall–Kier alpha value is -1.58. The monoisotopic (exact) mass is 295 g/mol. The standard InChI is InChI=1S/C14H15Cl2N3/c1-19(2)10-5-3-4-9(6-10)18-14-8-12(16)11(15)7-13(14)17/h3-8,18H,17H2,1-2H3. The van der Waals surface area contributed by atoms with E-state index in [1.807, 2.05) is 43.3 Å². The molecular weight excluding hydrogens is 281 g/mol. The van der Waals surface area contributed by atoms with E-state index < -0.39 is 0 Å².